The SMILES string of the molecule is O=C(c1csc2c1CCCC2)N1CCC[C@H](c2ccn(CCO)n2)C1. The van der Waals surface area contributed by atoms with E-state index in [1.807, 2.05) is 17.2 Å². The molecule has 0 aromatic carbocycles. The van der Waals surface area contributed by atoms with Crippen LogP contribution in [0.25, 0.3) is 0 Å². The highest BCUT2D eigenvalue weighted by atomic mass is 32.1. The van der Waals surface area contributed by atoms with E-state index in [0.29, 0.717) is 12.5 Å². The molecule has 2 aromatic rings. The number of nitrogens with zero attached hydrogens (tertiary/aromatic N) is 3. The Hall–Kier alpha value is -1.66. The van der Waals surface area contributed by atoms with E-state index < -0.39 is 0 Å². The van der Waals surface area contributed by atoms with Gasteiger partial charge in [-0.25, -0.2) is 0 Å². The van der Waals surface area contributed by atoms with E-state index in [1.165, 1.54) is 23.3 Å². The predicted molar refractivity (Wildman–Crippen MR) is 98.2 cm³/mol. The second-order valence-electron chi connectivity index (χ2n) is 7.08. The highest BCUT2D eigenvalue weighted by Gasteiger charge is 2.29. The number of rotatable bonds is 4. The summed E-state index contributed by atoms with van der Waals surface area (Å²) in [6.07, 6.45) is 8.66. The van der Waals surface area contributed by atoms with Crippen LogP contribution in [0.5, 0.6) is 0 Å². The molecule has 0 unspecified atom stereocenters. The van der Waals surface area contributed by atoms with Crippen molar-refractivity contribution in [1.29, 1.82) is 0 Å². The molecule has 5 nitrogen and oxygen atoms in total. The number of aliphatic hydroxyl groups is 1. The molecule has 1 atom stereocenters. The third-order valence-electron chi connectivity index (χ3n) is 5.41. The quantitative estimate of drug-likeness (QED) is 0.913. The van der Waals surface area contributed by atoms with Crippen molar-refractivity contribution in [2.24, 2.45) is 0 Å². The normalized spacial score (nSPS) is 20.5. The molecule has 1 aliphatic heterocycles. The lowest BCUT2D eigenvalue weighted by molar-refractivity contribution is 0.0705. The van der Waals surface area contributed by atoms with Crippen LogP contribution in [0.3, 0.4) is 0 Å². The molecule has 6 heteroatoms. The highest BCUT2D eigenvalue weighted by Crippen LogP contribution is 2.33. The number of thiophene rings is 1. The van der Waals surface area contributed by atoms with Crippen molar-refractivity contribution >= 4 is 17.2 Å². The lowest BCUT2D eigenvalue weighted by Gasteiger charge is -2.32. The number of piperidine rings is 1. The van der Waals surface area contributed by atoms with Crippen molar-refractivity contribution in [2.75, 3.05) is 19.7 Å². The number of hydrogen-bond donors (Lipinski definition) is 1. The fourth-order valence-corrected chi connectivity index (χ4v) is 5.19. The van der Waals surface area contributed by atoms with Gasteiger partial charge in [-0.2, -0.15) is 5.10 Å². The maximum absolute atomic E-state index is 13.1. The van der Waals surface area contributed by atoms with Crippen molar-refractivity contribution in [1.82, 2.24) is 14.7 Å². The minimum absolute atomic E-state index is 0.0969. The molecule has 1 fully saturated rings. The zero-order chi connectivity index (χ0) is 17.2. The monoisotopic (exact) mass is 359 g/mol. The molecule has 1 amide bonds. The van der Waals surface area contributed by atoms with Gasteiger partial charge < -0.3 is 10.0 Å². The first kappa shape index (κ1) is 16.8. The summed E-state index contributed by atoms with van der Waals surface area (Å²) in [5.74, 6) is 0.506. The maximum Gasteiger partial charge on any atom is 0.255 e. The molecule has 1 N–H and O–H groups in total. The Balaban J connectivity index is 1.48. The predicted octanol–water partition coefficient (Wildman–Crippen LogP) is 2.84. The number of aliphatic hydroxyl groups excluding tert-OH is 1. The summed E-state index contributed by atoms with van der Waals surface area (Å²) in [6.45, 7) is 2.22. The molecular formula is C19H25N3O2S. The number of aryl methyl sites for hydroxylation is 1. The third kappa shape index (κ3) is 3.37. The number of carbonyl (C=O) groups excluding carboxylic acids is 1. The number of hydrogen-bond acceptors (Lipinski definition) is 4. The van der Waals surface area contributed by atoms with Crippen LogP contribution in [-0.4, -0.2) is 45.4 Å². The molecule has 2 aliphatic rings. The van der Waals surface area contributed by atoms with Crippen LogP contribution in [0, 0.1) is 0 Å². The van der Waals surface area contributed by atoms with Crippen LogP contribution in [0.2, 0.25) is 0 Å². The van der Waals surface area contributed by atoms with Gasteiger partial charge in [0.2, 0.25) is 0 Å². The van der Waals surface area contributed by atoms with Crippen molar-refractivity contribution in [2.45, 2.75) is 51.0 Å². The fourth-order valence-electron chi connectivity index (χ4n) is 4.07. The minimum atomic E-state index is 0.0969. The van der Waals surface area contributed by atoms with Gasteiger partial charge in [0.1, 0.15) is 0 Å². The summed E-state index contributed by atoms with van der Waals surface area (Å²) in [5.41, 5.74) is 3.31. The Kier molecular flexibility index (Phi) is 4.90. The van der Waals surface area contributed by atoms with Crippen molar-refractivity contribution in [3.63, 3.8) is 0 Å². The van der Waals surface area contributed by atoms with Gasteiger partial charge in [0.25, 0.3) is 5.91 Å². The lowest BCUT2D eigenvalue weighted by atomic mass is 9.92. The molecule has 134 valence electrons. The van der Waals surface area contributed by atoms with E-state index in [1.54, 1.807) is 16.0 Å². The standard InChI is InChI=1S/C19H25N3O2S/c23-11-10-22-9-7-17(20-22)14-4-3-8-21(12-14)19(24)16-13-25-18-6-2-1-5-15(16)18/h7,9,13-14,23H,1-6,8,10-12H2/t14-/m0/s1. The van der Waals surface area contributed by atoms with Gasteiger partial charge >= 0.3 is 0 Å². The first-order valence-corrected chi connectivity index (χ1v) is 10.2. The Morgan fingerprint density at radius 1 is 1.32 bits per heavy atom. The fraction of sp³-hybridized carbons (Fsp3) is 0.579. The van der Waals surface area contributed by atoms with Gasteiger partial charge in [0.05, 0.1) is 24.4 Å². The highest BCUT2D eigenvalue weighted by molar-refractivity contribution is 7.10. The van der Waals surface area contributed by atoms with Crippen LogP contribution in [-0.2, 0) is 19.4 Å². The third-order valence-corrected chi connectivity index (χ3v) is 6.50. The smallest absolute Gasteiger partial charge is 0.255 e. The van der Waals surface area contributed by atoms with Gasteiger partial charge in [-0.05, 0) is 50.2 Å². The molecule has 0 saturated carbocycles. The van der Waals surface area contributed by atoms with Gasteiger partial charge in [-0.15, -0.1) is 11.3 Å². The number of likely N-dealkylation sites (tertiary alicyclic amines) is 1. The number of fused-ring (bicyclic) bond motifs is 1. The van der Waals surface area contributed by atoms with Crippen molar-refractivity contribution < 1.29 is 9.90 Å². The molecule has 3 heterocycles. The molecule has 4 rings (SSSR count). The van der Waals surface area contributed by atoms with E-state index in [2.05, 4.69) is 10.5 Å². The average molecular weight is 359 g/mol. The second-order valence-corrected chi connectivity index (χ2v) is 8.04. The summed E-state index contributed by atoms with van der Waals surface area (Å²) in [5, 5.41) is 15.7. The molecule has 2 aromatic heterocycles. The van der Waals surface area contributed by atoms with Crippen LogP contribution in [0.15, 0.2) is 17.6 Å². The van der Waals surface area contributed by atoms with Gasteiger partial charge in [0.15, 0.2) is 0 Å². The molecule has 0 bridgehead atoms. The Morgan fingerprint density at radius 2 is 2.20 bits per heavy atom. The Bertz CT molecular complexity index is 752. The summed E-state index contributed by atoms with van der Waals surface area (Å²) in [6, 6.07) is 2.03. The Labute approximate surface area is 152 Å². The maximum atomic E-state index is 13.1. The summed E-state index contributed by atoms with van der Waals surface area (Å²) >= 11 is 1.76. The molecule has 1 aliphatic carbocycles. The largest absolute Gasteiger partial charge is 0.394 e. The van der Waals surface area contributed by atoms with E-state index >= 15 is 0 Å². The topological polar surface area (TPSA) is 58.4 Å². The van der Waals surface area contributed by atoms with Crippen LogP contribution in [0.4, 0.5) is 0 Å². The van der Waals surface area contributed by atoms with E-state index in [4.69, 9.17) is 5.11 Å². The molecule has 0 spiro atoms. The first-order valence-electron chi connectivity index (χ1n) is 9.29. The molecule has 1 saturated heterocycles. The van der Waals surface area contributed by atoms with E-state index in [9.17, 15) is 4.79 Å². The van der Waals surface area contributed by atoms with Crippen LogP contribution < -0.4 is 0 Å². The summed E-state index contributed by atoms with van der Waals surface area (Å²) in [7, 11) is 0. The summed E-state index contributed by atoms with van der Waals surface area (Å²) < 4.78 is 1.78. The number of amides is 1. The lowest BCUT2D eigenvalue weighted by Crippen LogP contribution is -2.39. The van der Waals surface area contributed by atoms with Crippen molar-refractivity contribution in [3.8, 4) is 0 Å². The van der Waals surface area contributed by atoms with Gasteiger partial charge in [-0.1, -0.05) is 0 Å². The van der Waals surface area contributed by atoms with E-state index in [0.717, 1.165) is 50.0 Å². The number of aromatic nitrogens is 2. The van der Waals surface area contributed by atoms with Crippen LogP contribution >= 0.6 is 11.3 Å². The van der Waals surface area contributed by atoms with Crippen molar-refractivity contribution in [3.05, 3.63) is 39.3 Å². The zero-order valence-electron chi connectivity index (χ0n) is 14.5. The summed E-state index contributed by atoms with van der Waals surface area (Å²) in [4.78, 5) is 16.5. The van der Waals surface area contributed by atoms with E-state index in [-0.39, 0.29) is 12.5 Å². The van der Waals surface area contributed by atoms with Crippen LogP contribution in [0.1, 0.15) is 58.1 Å². The van der Waals surface area contributed by atoms with Gasteiger partial charge in [-0.3, -0.25) is 9.48 Å². The second kappa shape index (κ2) is 7.30. The molecule has 25 heavy (non-hydrogen) atoms. The van der Waals surface area contributed by atoms with Gasteiger partial charge in [0, 0.05) is 35.5 Å². The minimum Gasteiger partial charge on any atom is -0.394 e. The number of carbonyl (C=O) groups is 1. The zero-order valence-corrected chi connectivity index (χ0v) is 15.3. The molecular weight excluding hydrogens is 334 g/mol. The first-order chi connectivity index (χ1) is 12.3. The average Bonchev–Trinajstić information content (AvgIpc) is 3.29. The Morgan fingerprint density at radius 3 is 3.08 bits per heavy atom. The molecule has 0 radical (unpaired) electrons.